The van der Waals surface area contributed by atoms with Crippen LogP contribution in [0.25, 0.3) is 0 Å². The molecule has 1 saturated heterocycles. The van der Waals surface area contributed by atoms with Crippen molar-refractivity contribution in [2.24, 2.45) is 4.99 Å². The SMILES string of the molecule is Nc1ncnc2c1N=CC2[C@H]1C[C@H](OP(=O)(O)OC2CCCCC2)[C@@H](COP(=O)(O)OC2CCCCC2)O1. The van der Waals surface area contributed by atoms with Gasteiger partial charge in [0.05, 0.1) is 36.5 Å². The van der Waals surface area contributed by atoms with Crippen LogP contribution in [0.3, 0.4) is 0 Å². The molecule has 4 aliphatic rings. The van der Waals surface area contributed by atoms with E-state index < -0.39 is 39.9 Å². The van der Waals surface area contributed by atoms with Gasteiger partial charge in [0.1, 0.15) is 24.2 Å². The molecule has 0 amide bonds. The zero-order valence-corrected chi connectivity index (χ0v) is 23.0. The molecule has 212 valence electrons. The predicted molar refractivity (Wildman–Crippen MR) is 137 cm³/mol. The average Bonchev–Trinajstić information content (AvgIpc) is 3.48. The number of hydrogen-bond donors (Lipinski definition) is 3. The zero-order chi connectivity index (χ0) is 26.8. The molecule has 3 fully saturated rings. The lowest BCUT2D eigenvalue weighted by molar-refractivity contribution is -0.0323. The Kier molecular flexibility index (Phi) is 8.99. The summed E-state index contributed by atoms with van der Waals surface area (Å²) in [6, 6.07) is 0. The molecule has 2 aliphatic heterocycles. The molecule has 0 spiro atoms. The maximum absolute atomic E-state index is 12.9. The number of phosphoric ester groups is 2. The number of rotatable bonds is 10. The minimum Gasteiger partial charge on any atom is -0.382 e. The number of fused-ring (bicyclic) bond motifs is 1. The summed E-state index contributed by atoms with van der Waals surface area (Å²) in [5, 5.41) is 0. The predicted octanol–water partition coefficient (Wildman–Crippen LogP) is 4.32. The summed E-state index contributed by atoms with van der Waals surface area (Å²) >= 11 is 0. The van der Waals surface area contributed by atoms with E-state index >= 15 is 0 Å². The minimum absolute atomic E-state index is 0.172. The van der Waals surface area contributed by atoms with Gasteiger partial charge in [0.25, 0.3) is 0 Å². The molecular weight excluding hydrogens is 538 g/mol. The molecule has 2 aliphatic carbocycles. The van der Waals surface area contributed by atoms with Gasteiger partial charge >= 0.3 is 15.6 Å². The molecule has 4 N–H and O–H groups in total. The molecule has 5 rings (SSSR count). The highest BCUT2D eigenvalue weighted by atomic mass is 31.2. The van der Waals surface area contributed by atoms with Crippen molar-refractivity contribution in [1.29, 1.82) is 0 Å². The molecule has 13 nitrogen and oxygen atoms in total. The van der Waals surface area contributed by atoms with E-state index in [1.807, 2.05) is 0 Å². The summed E-state index contributed by atoms with van der Waals surface area (Å²) in [4.78, 5) is 33.5. The van der Waals surface area contributed by atoms with Gasteiger partial charge in [-0.2, -0.15) is 0 Å². The minimum atomic E-state index is -4.45. The molecule has 6 atom stereocenters. The first kappa shape index (κ1) is 28.3. The van der Waals surface area contributed by atoms with Gasteiger partial charge in [-0.1, -0.05) is 38.5 Å². The number of ether oxygens (including phenoxy) is 1. The molecule has 0 radical (unpaired) electrons. The molecule has 38 heavy (non-hydrogen) atoms. The number of nitrogens with zero attached hydrogens (tertiary/aromatic N) is 3. The van der Waals surface area contributed by atoms with Crippen molar-refractivity contribution in [2.75, 3.05) is 12.3 Å². The summed E-state index contributed by atoms with van der Waals surface area (Å²) < 4.78 is 53.5. The molecule has 2 saturated carbocycles. The van der Waals surface area contributed by atoms with Crippen molar-refractivity contribution in [3.8, 4) is 0 Å². The van der Waals surface area contributed by atoms with E-state index in [4.69, 9.17) is 28.6 Å². The van der Waals surface area contributed by atoms with Gasteiger partial charge in [0.15, 0.2) is 5.82 Å². The fourth-order valence-electron chi connectivity index (χ4n) is 5.63. The molecule has 3 unspecified atom stereocenters. The van der Waals surface area contributed by atoms with Crippen LogP contribution < -0.4 is 5.73 Å². The monoisotopic (exact) mass is 574 g/mol. The van der Waals surface area contributed by atoms with E-state index in [9.17, 15) is 18.9 Å². The normalized spacial score (nSPS) is 31.6. The van der Waals surface area contributed by atoms with Gasteiger partial charge in [-0.05, 0) is 25.7 Å². The van der Waals surface area contributed by atoms with Gasteiger partial charge in [-0.25, -0.2) is 19.1 Å². The van der Waals surface area contributed by atoms with Crippen molar-refractivity contribution >= 4 is 33.4 Å². The Balaban J connectivity index is 1.27. The van der Waals surface area contributed by atoms with Gasteiger partial charge in [-0.15, -0.1) is 0 Å². The number of nitrogen functional groups attached to an aromatic ring is 1. The molecule has 0 bridgehead atoms. The van der Waals surface area contributed by atoms with E-state index in [2.05, 4.69) is 15.0 Å². The van der Waals surface area contributed by atoms with Crippen LogP contribution in [0, 0.1) is 0 Å². The Bertz CT molecular complexity index is 1100. The first-order valence-corrected chi connectivity index (χ1v) is 16.3. The largest absolute Gasteiger partial charge is 0.472 e. The number of aromatic nitrogens is 2. The first-order valence-electron chi connectivity index (χ1n) is 13.3. The fraction of sp³-hybridized carbons (Fsp3) is 0.783. The van der Waals surface area contributed by atoms with Crippen molar-refractivity contribution < 1.29 is 41.7 Å². The number of phosphoric acid groups is 2. The van der Waals surface area contributed by atoms with Crippen molar-refractivity contribution in [3.63, 3.8) is 0 Å². The van der Waals surface area contributed by atoms with E-state index in [1.165, 1.54) is 6.33 Å². The number of anilines is 1. The maximum Gasteiger partial charge on any atom is 0.472 e. The Morgan fingerprint density at radius 3 is 2.21 bits per heavy atom. The summed E-state index contributed by atoms with van der Waals surface area (Å²) in [6.45, 7) is -0.381. The van der Waals surface area contributed by atoms with Crippen LogP contribution in [0.4, 0.5) is 11.5 Å². The van der Waals surface area contributed by atoms with Gasteiger partial charge in [-0.3, -0.25) is 23.1 Å². The summed E-state index contributed by atoms with van der Waals surface area (Å²) in [5.74, 6) is -0.176. The smallest absolute Gasteiger partial charge is 0.382 e. The standard InChI is InChI=1S/C23H36N4O9P2/c24-23-22-21(26-14-27-23)17(12-25-22)18-11-19(36-38(30,31)35-16-9-5-2-6-10-16)20(33-18)13-32-37(28,29)34-15-7-3-1-4-8-15/h12,14-20H,1-11,13H2,(H,28,29)(H,30,31)(H2,24,26,27)/t17?,18-,19+,20-/m1/s1. The maximum atomic E-state index is 12.9. The summed E-state index contributed by atoms with van der Waals surface area (Å²) in [6.07, 6.45) is 8.59. The Hall–Kier alpha value is -1.27. The molecular formula is C23H36N4O9P2. The lowest BCUT2D eigenvalue weighted by Crippen LogP contribution is -2.29. The third kappa shape index (κ3) is 7.08. The molecule has 0 aromatic carbocycles. The highest BCUT2D eigenvalue weighted by molar-refractivity contribution is 7.47. The van der Waals surface area contributed by atoms with Crippen molar-refractivity contribution in [2.45, 2.75) is 107 Å². The number of nitrogens with two attached hydrogens (primary N) is 1. The lowest BCUT2D eigenvalue weighted by Gasteiger charge is -2.27. The molecule has 1 aromatic rings. The van der Waals surface area contributed by atoms with Crippen LogP contribution in [-0.2, 0) is 32.0 Å². The fourth-order valence-corrected chi connectivity index (χ4v) is 7.81. The van der Waals surface area contributed by atoms with E-state index in [1.54, 1.807) is 6.21 Å². The first-order chi connectivity index (χ1) is 18.2. The Morgan fingerprint density at radius 2 is 1.55 bits per heavy atom. The topological polar surface area (TPSA) is 185 Å². The highest BCUT2D eigenvalue weighted by Gasteiger charge is 2.47. The Morgan fingerprint density at radius 1 is 0.921 bits per heavy atom. The zero-order valence-electron chi connectivity index (χ0n) is 21.2. The molecule has 1 aromatic heterocycles. The van der Waals surface area contributed by atoms with Crippen LogP contribution >= 0.6 is 15.6 Å². The second kappa shape index (κ2) is 12.1. The van der Waals surface area contributed by atoms with Gasteiger partial charge in [0.2, 0.25) is 0 Å². The average molecular weight is 575 g/mol. The number of aliphatic imine (C=N–C) groups is 1. The van der Waals surface area contributed by atoms with E-state index in [0.29, 0.717) is 37.1 Å². The second-order valence-corrected chi connectivity index (χ2v) is 13.1. The third-order valence-electron chi connectivity index (χ3n) is 7.53. The van der Waals surface area contributed by atoms with Crippen LogP contribution in [0.15, 0.2) is 11.3 Å². The van der Waals surface area contributed by atoms with Gasteiger partial charge in [0, 0.05) is 12.6 Å². The van der Waals surface area contributed by atoms with Crippen LogP contribution in [0.1, 0.15) is 82.2 Å². The Labute approximate surface area is 221 Å². The second-order valence-electron chi connectivity index (χ2n) is 10.4. The third-order valence-corrected chi connectivity index (χ3v) is 9.67. The number of hydrogen-bond acceptors (Lipinski definition) is 11. The molecule has 15 heteroatoms. The van der Waals surface area contributed by atoms with Crippen LogP contribution in [0.2, 0.25) is 0 Å². The lowest BCUT2D eigenvalue weighted by atomic mass is 9.97. The summed E-state index contributed by atoms with van der Waals surface area (Å²) in [5.41, 5.74) is 6.94. The van der Waals surface area contributed by atoms with Crippen molar-refractivity contribution in [1.82, 2.24) is 9.97 Å². The quantitative estimate of drug-likeness (QED) is 0.337. The van der Waals surface area contributed by atoms with E-state index in [-0.39, 0.29) is 31.1 Å². The van der Waals surface area contributed by atoms with Crippen LogP contribution in [-0.4, -0.2) is 63.1 Å². The molecule has 3 heterocycles. The van der Waals surface area contributed by atoms with Crippen molar-refractivity contribution in [3.05, 3.63) is 12.0 Å². The highest BCUT2D eigenvalue weighted by Crippen LogP contribution is 2.52. The van der Waals surface area contributed by atoms with Crippen LogP contribution in [0.5, 0.6) is 0 Å². The summed E-state index contributed by atoms with van der Waals surface area (Å²) in [7, 11) is -8.84. The van der Waals surface area contributed by atoms with E-state index in [0.717, 1.165) is 38.5 Å². The van der Waals surface area contributed by atoms with Gasteiger partial charge < -0.3 is 20.3 Å².